The van der Waals surface area contributed by atoms with Crippen LogP contribution in [0.5, 0.6) is 0 Å². The quantitative estimate of drug-likeness (QED) is 0.166. The van der Waals surface area contributed by atoms with Gasteiger partial charge in [-0.15, -0.1) is 0 Å². The number of carbonyl (C=O) groups excluding carboxylic acids is 5. The zero-order valence-corrected chi connectivity index (χ0v) is 37.7. The Labute approximate surface area is 375 Å². The van der Waals surface area contributed by atoms with Gasteiger partial charge in [0.15, 0.2) is 5.78 Å². The van der Waals surface area contributed by atoms with E-state index in [0.29, 0.717) is 32.4 Å². The summed E-state index contributed by atoms with van der Waals surface area (Å²) in [5.41, 5.74) is 6.78. The molecule has 2 N–H and O–H groups in total. The van der Waals surface area contributed by atoms with E-state index in [0.717, 1.165) is 65.0 Å². The second-order valence-corrected chi connectivity index (χ2v) is 18.0. The lowest BCUT2D eigenvalue weighted by molar-refractivity contribution is -0.139. The first-order chi connectivity index (χ1) is 30.8. The van der Waals surface area contributed by atoms with Gasteiger partial charge in [-0.3, -0.25) is 19.4 Å². The number of nitrogens with one attached hydrogen (secondary N) is 2. The number of rotatable bonds is 14. The molecule has 3 aromatic rings. The lowest BCUT2D eigenvalue weighted by atomic mass is 9.97. The van der Waals surface area contributed by atoms with Crippen LogP contribution in [0.25, 0.3) is 5.70 Å². The van der Waals surface area contributed by atoms with E-state index in [-0.39, 0.29) is 59.8 Å². The zero-order chi connectivity index (χ0) is 45.7. The van der Waals surface area contributed by atoms with E-state index in [4.69, 9.17) is 14.5 Å². The summed E-state index contributed by atoms with van der Waals surface area (Å²) in [4.78, 5) is 75.9. The number of likely N-dealkylation sites (tertiary alicyclic amines) is 2. The fourth-order valence-corrected chi connectivity index (χ4v) is 9.83. The van der Waals surface area contributed by atoms with Gasteiger partial charge in [0.25, 0.3) is 0 Å². The number of ether oxygens (including phenoxy) is 2. The maximum absolute atomic E-state index is 14.2. The highest BCUT2D eigenvalue weighted by Crippen LogP contribution is 2.47. The predicted octanol–water partition coefficient (Wildman–Crippen LogP) is 7.95. The standard InChI is InChI=1S/C50H61FN6O7/c1-30(2)45(53-49(61)63-5)47(59)55-27-7-9-42(55)39-24-23-38(52-39)33-15-17-35(18-16-33)41-26-25-40(57(41)37-21-19-36(51)20-22-37)34-13-11-32(12-14-34)29-44(58)43-10-8-28-56(43)48(60)46(31(3)4)54-50(62)64-6/h11-23,30-31,40-43,45-46H,7-10,24-29H2,1-6H3,(H,53,61)(H,54,62)/t40-,41-,42+,43+,45+,46+/m1/s1. The average molecular weight is 877 g/mol. The molecule has 6 atom stereocenters. The van der Waals surface area contributed by atoms with Gasteiger partial charge in [-0.2, -0.15) is 0 Å². The highest BCUT2D eigenvalue weighted by atomic mass is 19.1. The molecule has 340 valence electrons. The number of nitrogens with zero attached hydrogens (tertiary/aromatic N) is 4. The molecule has 0 radical (unpaired) electrons. The summed E-state index contributed by atoms with van der Waals surface area (Å²) >= 11 is 0. The largest absolute Gasteiger partial charge is 0.453 e. The summed E-state index contributed by atoms with van der Waals surface area (Å²) in [5, 5.41) is 5.36. The molecule has 14 heteroatoms. The van der Waals surface area contributed by atoms with Crippen LogP contribution in [0.2, 0.25) is 0 Å². The first-order valence-corrected chi connectivity index (χ1v) is 22.6. The van der Waals surface area contributed by atoms with Crippen LogP contribution in [0, 0.1) is 17.7 Å². The van der Waals surface area contributed by atoms with E-state index in [1.807, 2.05) is 56.9 Å². The van der Waals surface area contributed by atoms with Crippen LogP contribution in [0.1, 0.15) is 107 Å². The third kappa shape index (κ3) is 10.0. The molecule has 4 aliphatic rings. The van der Waals surface area contributed by atoms with Crippen LogP contribution in [0.15, 0.2) is 83.9 Å². The van der Waals surface area contributed by atoms with Crippen molar-refractivity contribution in [1.82, 2.24) is 20.4 Å². The summed E-state index contributed by atoms with van der Waals surface area (Å²) in [6, 6.07) is 21.1. The Kier molecular flexibility index (Phi) is 14.5. The minimum atomic E-state index is -0.791. The maximum atomic E-state index is 14.2. The molecular formula is C50H61FN6O7. The van der Waals surface area contributed by atoms with Gasteiger partial charge in [0.2, 0.25) is 11.8 Å². The van der Waals surface area contributed by atoms with Crippen molar-refractivity contribution in [3.05, 3.63) is 107 Å². The third-order valence-electron chi connectivity index (χ3n) is 13.2. The van der Waals surface area contributed by atoms with Crippen LogP contribution in [-0.4, -0.2) is 96.8 Å². The van der Waals surface area contributed by atoms with E-state index in [1.54, 1.807) is 4.90 Å². The molecule has 0 aliphatic carbocycles. The van der Waals surface area contributed by atoms with E-state index in [1.165, 1.54) is 26.4 Å². The molecule has 4 aliphatic heterocycles. The molecule has 0 bridgehead atoms. The molecule has 4 amide bonds. The highest BCUT2D eigenvalue weighted by molar-refractivity contribution is 6.02. The highest BCUT2D eigenvalue weighted by Gasteiger charge is 2.41. The van der Waals surface area contributed by atoms with Crippen molar-refractivity contribution >= 4 is 46.9 Å². The number of Topliss-reactive ketones (excluding diaryl/α,β-unsaturated/α-hetero) is 1. The molecule has 0 saturated carbocycles. The van der Waals surface area contributed by atoms with E-state index >= 15 is 0 Å². The fourth-order valence-electron chi connectivity index (χ4n) is 9.83. The van der Waals surface area contributed by atoms with Crippen LogP contribution in [-0.2, 0) is 30.3 Å². The number of alkyl carbamates (subject to hydrolysis) is 2. The second kappa shape index (κ2) is 20.2. The molecule has 0 spiro atoms. The van der Waals surface area contributed by atoms with Crippen LogP contribution < -0.4 is 15.5 Å². The SMILES string of the molecule is COC(=O)N[C@H](C(=O)N1CCC[C@H]1C(=O)Cc1ccc([C@H]2CC[C@H](c3ccc(C4=CCC([C@@H]5CCCN5C(=O)[C@@H](NC(=O)OC)C(C)C)=N4)cc3)N2c2ccc(F)cc2)cc1)C(C)C. The fraction of sp³-hybridized carbons (Fsp3) is 0.480. The molecular weight excluding hydrogens is 816 g/mol. The summed E-state index contributed by atoms with van der Waals surface area (Å²) < 4.78 is 23.8. The van der Waals surface area contributed by atoms with Crippen molar-refractivity contribution in [2.75, 3.05) is 32.2 Å². The minimum absolute atomic E-state index is 0.00186. The molecule has 64 heavy (non-hydrogen) atoms. The van der Waals surface area contributed by atoms with Crippen molar-refractivity contribution in [3.8, 4) is 0 Å². The molecule has 0 aromatic heterocycles. The van der Waals surface area contributed by atoms with Gasteiger partial charge in [-0.25, -0.2) is 14.0 Å². The summed E-state index contributed by atoms with van der Waals surface area (Å²) in [6.07, 6.45) is 6.33. The molecule has 3 saturated heterocycles. The van der Waals surface area contributed by atoms with Crippen molar-refractivity contribution in [1.29, 1.82) is 0 Å². The number of aliphatic imine (C=N–C) groups is 1. The number of halogens is 1. The molecule has 0 unspecified atom stereocenters. The van der Waals surface area contributed by atoms with Crippen molar-refractivity contribution in [2.45, 2.75) is 115 Å². The Bertz CT molecular complexity index is 2240. The van der Waals surface area contributed by atoms with Crippen LogP contribution in [0.3, 0.4) is 0 Å². The van der Waals surface area contributed by atoms with Crippen LogP contribution in [0.4, 0.5) is 19.7 Å². The van der Waals surface area contributed by atoms with Crippen LogP contribution >= 0.6 is 0 Å². The maximum Gasteiger partial charge on any atom is 0.407 e. The van der Waals surface area contributed by atoms with E-state index < -0.39 is 30.3 Å². The number of benzene rings is 3. The Balaban J connectivity index is 1.04. The number of methoxy groups -OCH3 is 2. The molecule has 3 aromatic carbocycles. The van der Waals surface area contributed by atoms with Gasteiger partial charge in [0, 0.05) is 37.3 Å². The smallest absolute Gasteiger partial charge is 0.407 e. The summed E-state index contributed by atoms with van der Waals surface area (Å²) in [5.74, 6) is -1.03. The van der Waals surface area contributed by atoms with Gasteiger partial charge in [-0.05, 0) is 96.9 Å². The minimum Gasteiger partial charge on any atom is -0.453 e. The first-order valence-electron chi connectivity index (χ1n) is 22.6. The monoisotopic (exact) mass is 876 g/mol. The normalized spacial score (nSPS) is 21.7. The Morgan fingerprint density at radius 3 is 1.78 bits per heavy atom. The second-order valence-electron chi connectivity index (χ2n) is 18.0. The zero-order valence-electron chi connectivity index (χ0n) is 37.7. The lowest BCUT2D eigenvalue weighted by Gasteiger charge is -2.33. The number of amides is 4. The van der Waals surface area contributed by atoms with Gasteiger partial charge >= 0.3 is 12.2 Å². The average Bonchev–Trinajstić information content (AvgIpc) is 4.14. The molecule has 3 fully saturated rings. The summed E-state index contributed by atoms with van der Waals surface area (Å²) in [6.45, 7) is 8.58. The molecule has 4 heterocycles. The topological polar surface area (TPSA) is 150 Å². The number of hydrogen-bond donors (Lipinski definition) is 2. The summed E-state index contributed by atoms with van der Waals surface area (Å²) in [7, 11) is 2.55. The molecule has 7 rings (SSSR count). The van der Waals surface area contributed by atoms with E-state index in [9.17, 15) is 28.4 Å². The Morgan fingerprint density at radius 1 is 0.688 bits per heavy atom. The predicted molar refractivity (Wildman–Crippen MR) is 243 cm³/mol. The number of allylic oxidation sites excluding steroid dienone is 1. The van der Waals surface area contributed by atoms with Crippen molar-refractivity contribution < 1.29 is 37.8 Å². The third-order valence-corrected chi connectivity index (χ3v) is 13.2. The molecule has 13 nitrogen and oxygen atoms in total. The number of anilines is 1. The van der Waals surface area contributed by atoms with Gasteiger partial charge in [-0.1, -0.05) is 82.3 Å². The number of hydrogen-bond acceptors (Lipinski definition) is 9. The van der Waals surface area contributed by atoms with Crippen molar-refractivity contribution in [3.63, 3.8) is 0 Å². The van der Waals surface area contributed by atoms with Gasteiger partial charge < -0.3 is 34.8 Å². The van der Waals surface area contributed by atoms with E-state index in [2.05, 4.69) is 58.0 Å². The number of carbonyl (C=O) groups is 5. The van der Waals surface area contributed by atoms with Gasteiger partial charge in [0.05, 0.1) is 44.1 Å². The van der Waals surface area contributed by atoms with Gasteiger partial charge in [0.1, 0.15) is 17.9 Å². The lowest BCUT2D eigenvalue weighted by Crippen LogP contribution is -2.53. The number of ketones is 1. The Hall–Kier alpha value is -6.05. The Morgan fingerprint density at radius 2 is 1.22 bits per heavy atom. The first kappa shape index (κ1) is 46.0. The van der Waals surface area contributed by atoms with Crippen molar-refractivity contribution in [2.24, 2.45) is 16.8 Å².